The van der Waals surface area contributed by atoms with Crippen molar-refractivity contribution < 1.29 is 9.53 Å². The maximum atomic E-state index is 11.7. The van der Waals surface area contributed by atoms with Crippen LogP contribution >= 0.6 is 0 Å². The summed E-state index contributed by atoms with van der Waals surface area (Å²) in [6.45, 7) is 0.454. The fourth-order valence-corrected chi connectivity index (χ4v) is 1.48. The molecule has 1 aromatic rings. The van der Waals surface area contributed by atoms with Gasteiger partial charge in [0.15, 0.2) is 0 Å². The van der Waals surface area contributed by atoms with E-state index in [1.165, 1.54) is 0 Å². The number of nitrogens with zero attached hydrogens (tertiary/aromatic N) is 4. The van der Waals surface area contributed by atoms with Crippen molar-refractivity contribution in [1.82, 2.24) is 5.01 Å². The van der Waals surface area contributed by atoms with Crippen molar-refractivity contribution in [3.63, 3.8) is 0 Å². The Labute approximate surface area is 118 Å². The summed E-state index contributed by atoms with van der Waals surface area (Å²) < 4.78 is 5.04. The van der Waals surface area contributed by atoms with E-state index in [1.54, 1.807) is 0 Å². The fourth-order valence-electron chi connectivity index (χ4n) is 1.48. The van der Waals surface area contributed by atoms with Gasteiger partial charge in [-0.25, -0.2) is 10.6 Å². The van der Waals surface area contributed by atoms with Gasteiger partial charge in [-0.1, -0.05) is 35.4 Å². The highest BCUT2D eigenvalue weighted by Crippen LogP contribution is 2.05. The quantitative estimate of drug-likeness (QED) is 0.120. The molecule has 0 fully saturated rings. The Balaban J connectivity index is 2.32. The van der Waals surface area contributed by atoms with Gasteiger partial charge in [-0.2, -0.15) is 0 Å². The molecule has 2 N–H and O–H groups in total. The van der Waals surface area contributed by atoms with Crippen LogP contribution in [0.5, 0.6) is 0 Å². The minimum Gasteiger partial charge on any atom is -0.444 e. The third-order valence-corrected chi connectivity index (χ3v) is 2.59. The van der Waals surface area contributed by atoms with E-state index in [0.29, 0.717) is 19.4 Å². The summed E-state index contributed by atoms with van der Waals surface area (Å²) in [5.41, 5.74) is 8.99. The summed E-state index contributed by atoms with van der Waals surface area (Å²) in [6.07, 6.45) is 0.283. The molecule has 0 unspecified atom stereocenters. The molecule has 0 spiro atoms. The number of hydrazine groups is 1. The second kappa shape index (κ2) is 8.85. The standard InChI is InChI=1S/C12H16BN5O2/c13-11(7-4-8-16-17-14)18(15)12(19)20-9-10-5-2-1-3-6-10/h1-3,5-6,11H,4,7-9,15H2/t11-/m0/s1. The summed E-state index contributed by atoms with van der Waals surface area (Å²) in [6, 6.07) is 9.26. The first-order chi connectivity index (χ1) is 9.65. The van der Waals surface area contributed by atoms with E-state index in [-0.39, 0.29) is 6.61 Å². The molecule has 8 heteroatoms. The molecule has 0 aliphatic heterocycles. The van der Waals surface area contributed by atoms with E-state index in [4.69, 9.17) is 24.0 Å². The molecule has 0 bridgehead atoms. The Hall–Kier alpha value is -2.18. The van der Waals surface area contributed by atoms with E-state index in [2.05, 4.69) is 10.0 Å². The van der Waals surface area contributed by atoms with Gasteiger partial charge in [-0.15, -0.1) is 0 Å². The van der Waals surface area contributed by atoms with Crippen molar-refractivity contribution in [3.05, 3.63) is 46.3 Å². The van der Waals surface area contributed by atoms with E-state index in [9.17, 15) is 4.79 Å². The Bertz CT molecular complexity index is 464. The Morgan fingerprint density at radius 1 is 1.50 bits per heavy atom. The normalized spacial score (nSPS) is 11.2. The number of carbonyl (C=O) groups excluding carboxylic acids is 1. The van der Waals surface area contributed by atoms with Crippen molar-refractivity contribution in [2.45, 2.75) is 25.4 Å². The van der Waals surface area contributed by atoms with Gasteiger partial charge in [-0.3, -0.25) is 5.01 Å². The van der Waals surface area contributed by atoms with Gasteiger partial charge >= 0.3 is 6.09 Å². The molecule has 20 heavy (non-hydrogen) atoms. The number of hydrogen-bond donors (Lipinski definition) is 1. The number of hydrogen-bond acceptors (Lipinski definition) is 4. The lowest BCUT2D eigenvalue weighted by atomic mass is 9.91. The minimum absolute atomic E-state index is 0.138. The van der Waals surface area contributed by atoms with Crippen molar-refractivity contribution in [3.8, 4) is 0 Å². The van der Waals surface area contributed by atoms with Crippen LogP contribution in [0.15, 0.2) is 35.4 Å². The van der Waals surface area contributed by atoms with Crippen LogP contribution in [0.4, 0.5) is 4.79 Å². The zero-order valence-corrected chi connectivity index (χ0v) is 11.1. The monoisotopic (exact) mass is 273 g/mol. The lowest BCUT2D eigenvalue weighted by Gasteiger charge is -2.23. The molecule has 0 saturated carbocycles. The average Bonchev–Trinajstić information content (AvgIpc) is 2.49. The molecule has 1 atom stereocenters. The number of azide groups is 1. The predicted octanol–water partition coefficient (Wildman–Crippen LogP) is 2.08. The molecule has 104 valence electrons. The van der Waals surface area contributed by atoms with Crippen LogP contribution in [-0.4, -0.2) is 31.4 Å². The van der Waals surface area contributed by atoms with Crippen LogP contribution in [0.3, 0.4) is 0 Å². The third kappa shape index (κ3) is 5.64. The van der Waals surface area contributed by atoms with Gasteiger partial charge in [-0.05, 0) is 23.9 Å². The van der Waals surface area contributed by atoms with Crippen LogP contribution in [0.1, 0.15) is 18.4 Å². The van der Waals surface area contributed by atoms with Gasteiger partial charge in [0.25, 0.3) is 0 Å². The molecular formula is C12H16BN5O2. The molecule has 0 aromatic heterocycles. The van der Waals surface area contributed by atoms with Gasteiger partial charge in [0.05, 0.1) is 0 Å². The number of nitrogens with two attached hydrogens (primary N) is 1. The second-order valence-electron chi connectivity index (χ2n) is 4.11. The lowest BCUT2D eigenvalue weighted by molar-refractivity contribution is 0.0903. The Morgan fingerprint density at radius 2 is 2.20 bits per heavy atom. The average molecular weight is 273 g/mol. The molecule has 0 aliphatic carbocycles. The van der Waals surface area contributed by atoms with Crippen LogP contribution in [0.2, 0.25) is 0 Å². The van der Waals surface area contributed by atoms with E-state index < -0.39 is 12.0 Å². The van der Waals surface area contributed by atoms with Crippen LogP contribution in [0.25, 0.3) is 10.4 Å². The van der Waals surface area contributed by atoms with Crippen molar-refractivity contribution in [2.75, 3.05) is 6.54 Å². The zero-order chi connectivity index (χ0) is 14.8. The number of carbonyl (C=O) groups is 1. The largest absolute Gasteiger partial charge is 0.444 e. The fraction of sp³-hybridized carbons (Fsp3) is 0.417. The van der Waals surface area contributed by atoms with Gasteiger partial charge < -0.3 is 4.74 Å². The van der Waals surface area contributed by atoms with Gasteiger partial charge in [0.2, 0.25) is 0 Å². The highest BCUT2D eigenvalue weighted by Gasteiger charge is 2.17. The molecule has 2 radical (unpaired) electrons. The van der Waals surface area contributed by atoms with E-state index in [1.807, 2.05) is 30.3 Å². The first kappa shape index (κ1) is 15.9. The summed E-state index contributed by atoms with van der Waals surface area (Å²) in [5.74, 6) is 4.90. The van der Waals surface area contributed by atoms with Crippen molar-refractivity contribution in [2.24, 2.45) is 11.0 Å². The predicted molar refractivity (Wildman–Crippen MR) is 75.4 cm³/mol. The summed E-state index contributed by atoms with van der Waals surface area (Å²) in [7, 11) is 5.73. The number of amides is 1. The number of rotatable bonds is 7. The molecule has 7 nitrogen and oxygen atoms in total. The van der Waals surface area contributed by atoms with Crippen LogP contribution < -0.4 is 5.84 Å². The molecular weight excluding hydrogens is 257 g/mol. The third-order valence-electron chi connectivity index (χ3n) is 2.59. The Kier molecular flexibility index (Phi) is 7.02. The summed E-state index contributed by atoms with van der Waals surface area (Å²) in [5, 5.41) is 4.22. The molecule has 1 aromatic carbocycles. The second-order valence-corrected chi connectivity index (χ2v) is 4.11. The first-order valence-corrected chi connectivity index (χ1v) is 6.16. The minimum atomic E-state index is -0.690. The lowest BCUT2D eigenvalue weighted by Crippen LogP contribution is -2.46. The molecule has 0 heterocycles. The summed E-state index contributed by atoms with van der Waals surface area (Å²) >= 11 is 0. The highest BCUT2D eigenvalue weighted by molar-refractivity contribution is 6.12. The van der Waals surface area contributed by atoms with Gasteiger partial charge in [0, 0.05) is 17.4 Å². The van der Waals surface area contributed by atoms with Gasteiger partial charge in [0.1, 0.15) is 14.5 Å². The maximum absolute atomic E-state index is 11.7. The van der Waals surface area contributed by atoms with Crippen molar-refractivity contribution >= 4 is 13.9 Å². The smallest absolute Gasteiger partial charge is 0.423 e. The first-order valence-electron chi connectivity index (χ1n) is 6.16. The van der Waals surface area contributed by atoms with Crippen LogP contribution in [0, 0.1) is 0 Å². The van der Waals surface area contributed by atoms with E-state index >= 15 is 0 Å². The van der Waals surface area contributed by atoms with Crippen molar-refractivity contribution in [1.29, 1.82) is 0 Å². The molecule has 0 saturated heterocycles. The highest BCUT2D eigenvalue weighted by atomic mass is 16.6. The zero-order valence-electron chi connectivity index (χ0n) is 11.1. The number of benzene rings is 1. The van der Waals surface area contributed by atoms with Crippen LogP contribution in [-0.2, 0) is 11.3 Å². The summed E-state index contributed by atoms with van der Waals surface area (Å²) in [4.78, 5) is 14.3. The molecule has 0 aliphatic rings. The SMILES string of the molecule is [B][C@H](CCCN=[N+]=[N-])N(N)C(=O)OCc1ccccc1. The van der Waals surface area contributed by atoms with E-state index in [0.717, 1.165) is 10.6 Å². The topological polar surface area (TPSA) is 104 Å². The number of ether oxygens (including phenoxy) is 1. The Morgan fingerprint density at radius 3 is 2.85 bits per heavy atom. The maximum Gasteiger partial charge on any atom is 0.423 e. The molecule has 1 rings (SSSR count). The molecule has 1 amide bonds.